The number of hydrogen-bond acceptors (Lipinski definition) is 5. The molecule has 2 aromatic carbocycles. The molecule has 1 unspecified atom stereocenters. The van der Waals surface area contributed by atoms with Crippen molar-refractivity contribution in [1.29, 1.82) is 0 Å². The van der Waals surface area contributed by atoms with Crippen molar-refractivity contribution in [1.82, 2.24) is 15.0 Å². The fourth-order valence-corrected chi connectivity index (χ4v) is 3.19. The van der Waals surface area contributed by atoms with E-state index in [4.69, 9.17) is 4.74 Å². The summed E-state index contributed by atoms with van der Waals surface area (Å²) in [5.41, 5.74) is 3.96. The third kappa shape index (κ3) is 3.41. The number of hydrazone groups is 1. The van der Waals surface area contributed by atoms with E-state index in [2.05, 4.69) is 15.1 Å². The SMILES string of the molecule is COCC(=O)N1N=C(c2ccc(F)cc2)CC1c1ccc2nccnc2c1. The van der Waals surface area contributed by atoms with Crippen LogP contribution in [0.15, 0.2) is 60.0 Å². The van der Waals surface area contributed by atoms with Crippen molar-refractivity contribution in [3.63, 3.8) is 0 Å². The number of methoxy groups -OCH3 is 1. The molecular weight excluding hydrogens is 347 g/mol. The van der Waals surface area contributed by atoms with Crippen molar-refractivity contribution in [3.05, 3.63) is 71.8 Å². The lowest BCUT2D eigenvalue weighted by atomic mass is 9.98. The molecule has 1 aromatic heterocycles. The summed E-state index contributed by atoms with van der Waals surface area (Å²) in [4.78, 5) is 21.1. The van der Waals surface area contributed by atoms with Crippen LogP contribution in [0.5, 0.6) is 0 Å². The number of nitrogens with zero attached hydrogens (tertiary/aromatic N) is 4. The molecule has 1 amide bonds. The van der Waals surface area contributed by atoms with Gasteiger partial charge in [-0.25, -0.2) is 9.40 Å². The topological polar surface area (TPSA) is 67.7 Å². The van der Waals surface area contributed by atoms with Crippen molar-refractivity contribution < 1.29 is 13.9 Å². The molecule has 1 atom stereocenters. The molecule has 0 aliphatic carbocycles. The molecule has 0 bridgehead atoms. The fraction of sp³-hybridized carbons (Fsp3) is 0.200. The first kappa shape index (κ1) is 17.2. The summed E-state index contributed by atoms with van der Waals surface area (Å²) in [6.45, 7) is -0.0654. The average Bonchev–Trinajstić information content (AvgIpc) is 3.14. The molecule has 3 aromatic rings. The molecular formula is C20H17FN4O2. The van der Waals surface area contributed by atoms with Gasteiger partial charge in [0.1, 0.15) is 12.4 Å². The molecule has 27 heavy (non-hydrogen) atoms. The van der Waals surface area contributed by atoms with Crippen LogP contribution in [0.25, 0.3) is 11.0 Å². The smallest absolute Gasteiger partial charge is 0.269 e. The zero-order valence-corrected chi connectivity index (χ0v) is 14.7. The first-order valence-electron chi connectivity index (χ1n) is 8.51. The van der Waals surface area contributed by atoms with E-state index in [1.54, 1.807) is 24.5 Å². The van der Waals surface area contributed by atoms with Crippen molar-refractivity contribution in [2.75, 3.05) is 13.7 Å². The molecule has 0 fully saturated rings. The number of benzene rings is 2. The summed E-state index contributed by atoms with van der Waals surface area (Å²) >= 11 is 0. The van der Waals surface area contributed by atoms with Crippen molar-refractivity contribution in [3.8, 4) is 0 Å². The van der Waals surface area contributed by atoms with Crippen LogP contribution >= 0.6 is 0 Å². The van der Waals surface area contributed by atoms with Crippen LogP contribution in [0.1, 0.15) is 23.6 Å². The molecule has 0 radical (unpaired) electrons. The second-order valence-electron chi connectivity index (χ2n) is 6.25. The lowest BCUT2D eigenvalue weighted by molar-refractivity contribution is -0.137. The summed E-state index contributed by atoms with van der Waals surface area (Å²) in [5.74, 6) is -0.548. The van der Waals surface area contributed by atoms with Gasteiger partial charge in [0.2, 0.25) is 0 Å². The van der Waals surface area contributed by atoms with Gasteiger partial charge in [-0.05, 0) is 35.4 Å². The number of hydrogen-bond donors (Lipinski definition) is 0. The van der Waals surface area contributed by atoms with Crippen LogP contribution in [-0.2, 0) is 9.53 Å². The molecule has 1 aliphatic heterocycles. The predicted octanol–water partition coefficient (Wildman–Crippen LogP) is 3.09. The number of aromatic nitrogens is 2. The maximum Gasteiger partial charge on any atom is 0.269 e. The molecule has 6 nitrogen and oxygen atoms in total. The van der Waals surface area contributed by atoms with Crippen LogP contribution in [0.3, 0.4) is 0 Å². The Morgan fingerprint density at radius 2 is 1.89 bits per heavy atom. The largest absolute Gasteiger partial charge is 0.375 e. The highest BCUT2D eigenvalue weighted by Gasteiger charge is 2.33. The number of carbonyl (C=O) groups excluding carboxylic acids is 1. The summed E-state index contributed by atoms with van der Waals surface area (Å²) in [7, 11) is 1.47. The first-order valence-corrected chi connectivity index (χ1v) is 8.51. The van der Waals surface area contributed by atoms with Gasteiger partial charge in [-0.1, -0.05) is 18.2 Å². The summed E-state index contributed by atoms with van der Waals surface area (Å²) in [6, 6.07) is 11.6. The lowest BCUT2D eigenvalue weighted by Gasteiger charge is -2.21. The van der Waals surface area contributed by atoms with Crippen LogP contribution in [-0.4, -0.2) is 40.3 Å². The Kier molecular flexibility index (Phi) is 4.60. The quantitative estimate of drug-likeness (QED) is 0.713. The van der Waals surface area contributed by atoms with Gasteiger partial charge in [0.05, 0.1) is 22.8 Å². The summed E-state index contributed by atoms with van der Waals surface area (Å²) < 4.78 is 18.2. The summed E-state index contributed by atoms with van der Waals surface area (Å²) in [5, 5.41) is 5.95. The second kappa shape index (κ2) is 7.20. The minimum absolute atomic E-state index is 0.0654. The molecule has 1 aliphatic rings. The van der Waals surface area contributed by atoms with Crippen LogP contribution in [0, 0.1) is 5.82 Å². The predicted molar refractivity (Wildman–Crippen MR) is 98.6 cm³/mol. The Balaban J connectivity index is 1.71. The second-order valence-corrected chi connectivity index (χ2v) is 6.25. The van der Waals surface area contributed by atoms with E-state index in [0.29, 0.717) is 6.42 Å². The van der Waals surface area contributed by atoms with Gasteiger partial charge in [-0.3, -0.25) is 14.8 Å². The third-order valence-corrected chi connectivity index (χ3v) is 4.49. The van der Waals surface area contributed by atoms with E-state index >= 15 is 0 Å². The van der Waals surface area contributed by atoms with E-state index in [1.807, 2.05) is 18.2 Å². The number of rotatable bonds is 4. The first-order chi connectivity index (χ1) is 13.2. The van der Waals surface area contributed by atoms with Crippen LogP contribution in [0.2, 0.25) is 0 Å². The van der Waals surface area contributed by atoms with Gasteiger partial charge >= 0.3 is 0 Å². The average molecular weight is 364 g/mol. The van der Waals surface area contributed by atoms with Gasteiger partial charge in [-0.15, -0.1) is 0 Å². The number of amides is 1. The minimum atomic E-state index is -0.311. The van der Waals surface area contributed by atoms with Gasteiger partial charge in [0.15, 0.2) is 0 Å². The van der Waals surface area contributed by atoms with Crippen LogP contribution < -0.4 is 0 Å². The molecule has 7 heteroatoms. The number of ether oxygens (including phenoxy) is 1. The van der Waals surface area contributed by atoms with Gasteiger partial charge in [0, 0.05) is 25.9 Å². The highest BCUT2D eigenvalue weighted by Crippen LogP contribution is 2.33. The molecule has 0 saturated carbocycles. The lowest BCUT2D eigenvalue weighted by Crippen LogP contribution is -2.30. The van der Waals surface area contributed by atoms with Crippen LogP contribution in [0.4, 0.5) is 4.39 Å². The van der Waals surface area contributed by atoms with Gasteiger partial charge in [0.25, 0.3) is 5.91 Å². The zero-order chi connectivity index (χ0) is 18.8. The van der Waals surface area contributed by atoms with E-state index in [9.17, 15) is 9.18 Å². The minimum Gasteiger partial charge on any atom is -0.375 e. The number of halogens is 1. The normalized spacial score (nSPS) is 16.6. The molecule has 136 valence electrons. The number of carbonyl (C=O) groups is 1. The Hall–Kier alpha value is -3.19. The molecule has 0 spiro atoms. The molecule has 2 heterocycles. The molecule has 0 N–H and O–H groups in total. The van der Waals surface area contributed by atoms with E-state index < -0.39 is 0 Å². The summed E-state index contributed by atoms with van der Waals surface area (Å²) in [6.07, 6.45) is 3.80. The van der Waals surface area contributed by atoms with Crippen molar-refractivity contribution >= 4 is 22.7 Å². The maximum atomic E-state index is 13.2. The Bertz CT molecular complexity index is 1020. The Labute approximate surface area is 155 Å². The fourth-order valence-electron chi connectivity index (χ4n) is 3.19. The zero-order valence-electron chi connectivity index (χ0n) is 14.7. The standard InChI is InChI=1S/C20H17FN4O2/c1-27-12-20(26)25-19(11-17(24-25)13-2-5-15(21)6-3-13)14-4-7-16-18(10-14)23-9-8-22-16/h2-10,19H,11-12H2,1H3. The molecule has 4 rings (SSSR count). The third-order valence-electron chi connectivity index (χ3n) is 4.49. The van der Waals surface area contributed by atoms with Gasteiger partial charge < -0.3 is 4.74 Å². The highest BCUT2D eigenvalue weighted by atomic mass is 19.1. The van der Waals surface area contributed by atoms with E-state index in [-0.39, 0.29) is 24.4 Å². The van der Waals surface area contributed by atoms with Gasteiger partial charge in [-0.2, -0.15) is 5.10 Å². The maximum absolute atomic E-state index is 13.2. The monoisotopic (exact) mass is 364 g/mol. The van der Waals surface area contributed by atoms with E-state index in [0.717, 1.165) is 27.9 Å². The highest BCUT2D eigenvalue weighted by molar-refractivity contribution is 6.03. The Morgan fingerprint density at radius 1 is 1.15 bits per heavy atom. The van der Waals surface area contributed by atoms with E-state index in [1.165, 1.54) is 24.3 Å². The number of fused-ring (bicyclic) bond motifs is 1. The van der Waals surface area contributed by atoms with Crippen molar-refractivity contribution in [2.24, 2.45) is 5.10 Å². The Morgan fingerprint density at radius 3 is 2.63 bits per heavy atom. The molecule has 0 saturated heterocycles. The van der Waals surface area contributed by atoms with Crippen molar-refractivity contribution in [2.45, 2.75) is 12.5 Å².